The zero-order valence-electron chi connectivity index (χ0n) is 18.3. The highest BCUT2D eigenvalue weighted by Gasteiger charge is 2.19. The van der Waals surface area contributed by atoms with Gasteiger partial charge in [-0.3, -0.25) is 0 Å². The van der Waals surface area contributed by atoms with Crippen LogP contribution in [0.1, 0.15) is 36.7 Å². The Morgan fingerprint density at radius 3 is 2.00 bits per heavy atom. The summed E-state index contributed by atoms with van der Waals surface area (Å²) in [5.41, 5.74) is 1.22. The number of ether oxygens (including phenoxy) is 2. The molecule has 6 nitrogen and oxygen atoms in total. The van der Waals surface area contributed by atoms with E-state index in [0.29, 0.717) is 5.75 Å². The monoisotopic (exact) mass is 454 g/mol. The molecule has 0 radical (unpaired) electrons. The van der Waals surface area contributed by atoms with Gasteiger partial charge >= 0.3 is 16.1 Å². The summed E-state index contributed by atoms with van der Waals surface area (Å²) in [7, 11) is -3.99. The van der Waals surface area contributed by atoms with Crippen LogP contribution in [0.4, 0.5) is 0 Å². The fraction of sp³-hybridized carbons (Fsp3) is 0.240. The third-order valence-electron chi connectivity index (χ3n) is 4.63. The summed E-state index contributed by atoms with van der Waals surface area (Å²) in [4.78, 5) is 12.2. The Hall–Kier alpha value is -3.32. The summed E-state index contributed by atoms with van der Waals surface area (Å²) in [6, 6.07) is 21.6. The molecule has 0 unspecified atom stereocenters. The van der Waals surface area contributed by atoms with Crippen molar-refractivity contribution < 1.29 is 26.9 Å². The second kappa shape index (κ2) is 9.87. The molecular weight excluding hydrogens is 428 g/mol. The maximum atomic E-state index is 12.5. The van der Waals surface area contributed by atoms with E-state index < -0.39 is 16.1 Å². The number of carbonyl (C=O) groups is 1. The van der Waals surface area contributed by atoms with Crippen LogP contribution < -0.4 is 8.92 Å². The molecule has 0 N–H and O–H groups in total. The van der Waals surface area contributed by atoms with Crippen LogP contribution in [0.3, 0.4) is 0 Å². The molecule has 0 atom stereocenters. The molecule has 0 saturated carbocycles. The standard InChI is InChI=1S/C25H26O6S/c1-25(2,3)20-11-15-23(16-12-20)32(27,28)31-22-13-9-19(10-14-22)24(26)30-18-17-29-21-7-5-4-6-8-21/h4-16H,17-18H2,1-3H3. The minimum Gasteiger partial charge on any atom is -0.490 e. The molecule has 32 heavy (non-hydrogen) atoms. The molecule has 0 aliphatic rings. The van der Waals surface area contributed by atoms with Crippen LogP contribution in [0.2, 0.25) is 0 Å². The Labute approximate surface area is 188 Å². The van der Waals surface area contributed by atoms with E-state index in [1.165, 1.54) is 36.4 Å². The van der Waals surface area contributed by atoms with Gasteiger partial charge in [0.05, 0.1) is 5.56 Å². The lowest BCUT2D eigenvalue weighted by molar-refractivity contribution is 0.0450. The quantitative estimate of drug-likeness (QED) is 0.271. The average molecular weight is 455 g/mol. The molecule has 0 heterocycles. The van der Waals surface area contributed by atoms with Crippen molar-refractivity contribution in [2.24, 2.45) is 0 Å². The van der Waals surface area contributed by atoms with E-state index in [1.807, 2.05) is 30.3 Å². The van der Waals surface area contributed by atoms with Crippen LogP contribution in [-0.2, 0) is 20.3 Å². The van der Waals surface area contributed by atoms with E-state index in [0.717, 1.165) is 5.56 Å². The van der Waals surface area contributed by atoms with E-state index in [4.69, 9.17) is 13.7 Å². The molecule has 0 bridgehead atoms. The van der Waals surface area contributed by atoms with Crippen molar-refractivity contribution in [3.8, 4) is 11.5 Å². The highest BCUT2D eigenvalue weighted by molar-refractivity contribution is 7.87. The summed E-state index contributed by atoms with van der Waals surface area (Å²) in [6.07, 6.45) is 0. The Morgan fingerprint density at radius 1 is 0.781 bits per heavy atom. The lowest BCUT2D eigenvalue weighted by Crippen LogP contribution is -2.13. The minimum absolute atomic E-state index is 0.0624. The van der Waals surface area contributed by atoms with Gasteiger partial charge in [0.15, 0.2) is 0 Å². The summed E-state index contributed by atoms with van der Waals surface area (Å²) >= 11 is 0. The van der Waals surface area contributed by atoms with Crippen LogP contribution >= 0.6 is 0 Å². The first-order valence-electron chi connectivity index (χ1n) is 10.2. The topological polar surface area (TPSA) is 78.9 Å². The Balaban J connectivity index is 1.54. The minimum atomic E-state index is -3.99. The number of benzene rings is 3. The molecule has 0 aliphatic heterocycles. The molecule has 168 valence electrons. The fourth-order valence-corrected chi connectivity index (χ4v) is 3.77. The molecular formula is C25H26O6S. The summed E-state index contributed by atoms with van der Waals surface area (Å²) in [5, 5.41) is 0. The van der Waals surface area contributed by atoms with E-state index in [-0.39, 0.29) is 34.8 Å². The lowest BCUT2D eigenvalue weighted by Gasteiger charge is -2.19. The molecule has 7 heteroatoms. The smallest absolute Gasteiger partial charge is 0.339 e. The van der Waals surface area contributed by atoms with Gasteiger partial charge in [0.2, 0.25) is 0 Å². The first-order chi connectivity index (χ1) is 15.1. The fourth-order valence-electron chi connectivity index (χ4n) is 2.84. The predicted molar refractivity (Wildman–Crippen MR) is 122 cm³/mol. The van der Waals surface area contributed by atoms with Crippen molar-refractivity contribution in [2.75, 3.05) is 13.2 Å². The van der Waals surface area contributed by atoms with Crippen LogP contribution in [0.25, 0.3) is 0 Å². The molecule has 0 spiro atoms. The van der Waals surface area contributed by atoms with Crippen LogP contribution in [0, 0.1) is 0 Å². The number of hydrogen-bond acceptors (Lipinski definition) is 6. The van der Waals surface area contributed by atoms with Gasteiger partial charge in [-0.2, -0.15) is 8.42 Å². The Bertz CT molecular complexity index is 1130. The average Bonchev–Trinajstić information content (AvgIpc) is 2.77. The zero-order chi connectivity index (χ0) is 23.2. The van der Waals surface area contributed by atoms with Gasteiger partial charge in [-0.25, -0.2) is 4.79 Å². The van der Waals surface area contributed by atoms with Gasteiger partial charge in [-0.05, 0) is 59.5 Å². The molecule has 0 amide bonds. The van der Waals surface area contributed by atoms with Gasteiger partial charge < -0.3 is 13.7 Å². The maximum Gasteiger partial charge on any atom is 0.339 e. The number of carbonyl (C=O) groups excluding carboxylic acids is 1. The summed E-state index contributed by atoms with van der Waals surface area (Å²) < 4.78 is 40.9. The van der Waals surface area contributed by atoms with E-state index in [1.54, 1.807) is 12.1 Å². The third-order valence-corrected chi connectivity index (χ3v) is 5.89. The zero-order valence-corrected chi connectivity index (χ0v) is 19.1. The van der Waals surface area contributed by atoms with Gasteiger partial charge in [0, 0.05) is 0 Å². The highest BCUT2D eigenvalue weighted by Crippen LogP contribution is 2.25. The molecule has 3 aromatic rings. The highest BCUT2D eigenvalue weighted by atomic mass is 32.2. The maximum absolute atomic E-state index is 12.5. The number of esters is 1. The van der Waals surface area contributed by atoms with Crippen molar-refractivity contribution in [1.29, 1.82) is 0 Å². The van der Waals surface area contributed by atoms with Crippen LogP contribution in [0.5, 0.6) is 11.5 Å². The Kier molecular flexibility index (Phi) is 7.20. The number of rotatable bonds is 8. The first kappa shape index (κ1) is 23.3. The van der Waals surface area contributed by atoms with Crippen molar-refractivity contribution in [3.05, 3.63) is 90.0 Å². The van der Waals surface area contributed by atoms with Crippen LogP contribution in [0.15, 0.2) is 83.8 Å². The van der Waals surface area contributed by atoms with Crippen molar-refractivity contribution in [2.45, 2.75) is 31.1 Å². The largest absolute Gasteiger partial charge is 0.490 e. The van der Waals surface area contributed by atoms with Gasteiger partial charge in [0.1, 0.15) is 29.6 Å². The van der Waals surface area contributed by atoms with Gasteiger partial charge in [-0.15, -0.1) is 0 Å². The van der Waals surface area contributed by atoms with Crippen molar-refractivity contribution in [3.63, 3.8) is 0 Å². The van der Waals surface area contributed by atoms with Gasteiger partial charge in [0.25, 0.3) is 0 Å². The van der Waals surface area contributed by atoms with E-state index in [2.05, 4.69) is 20.8 Å². The first-order valence-corrected chi connectivity index (χ1v) is 11.6. The molecule has 0 aliphatic carbocycles. The van der Waals surface area contributed by atoms with Crippen molar-refractivity contribution in [1.82, 2.24) is 0 Å². The van der Waals surface area contributed by atoms with E-state index >= 15 is 0 Å². The number of hydrogen-bond donors (Lipinski definition) is 0. The second-order valence-electron chi connectivity index (χ2n) is 8.13. The Morgan fingerprint density at radius 2 is 1.41 bits per heavy atom. The summed E-state index contributed by atoms with van der Waals surface area (Å²) in [6.45, 7) is 6.47. The van der Waals surface area contributed by atoms with Crippen LogP contribution in [-0.4, -0.2) is 27.6 Å². The SMILES string of the molecule is CC(C)(C)c1ccc(S(=O)(=O)Oc2ccc(C(=O)OCCOc3ccccc3)cc2)cc1. The molecule has 3 aromatic carbocycles. The summed E-state index contributed by atoms with van der Waals surface area (Å²) in [5.74, 6) is 0.266. The molecule has 0 fully saturated rings. The normalized spacial score (nSPS) is 11.6. The molecule has 3 rings (SSSR count). The van der Waals surface area contributed by atoms with Crippen molar-refractivity contribution >= 4 is 16.1 Å². The lowest BCUT2D eigenvalue weighted by atomic mass is 9.87. The third kappa shape index (κ3) is 6.34. The van der Waals surface area contributed by atoms with Gasteiger partial charge in [-0.1, -0.05) is 51.1 Å². The molecule has 0 aromatic heterocycles. The number of para-hydroxylation sites is 1. The predicted octanol–water partition coefficient (Wildman–Crippen LogP) is 4.99. The second-order valence-corrected chi connectivity index (χ2v) is 9.68. The van der Waals surface area contributed by atoms with E-state index in [9.17, 15) is 13.2 Å². The molecule has 0 saturated heterocycles.